The molecule has 2 aliphatic heterocycles. The van der Waals surface area contributed by atoms with E-state index in [1.807, 2.05) is 23.1 Å². The van der Waals surface area contributed by atoms with Crippen LogP contribution in [-0.2, 0) is 4.74 Å². The van der Waals surface area contributed by atoms with E-state index < -0.39 is 0 Å². The molecular formula is C19H24N4O3. The van der Waals surface area contributed by atoms with Crippen LogP contribution in [0, 0.1) is 5.92 Å². The van der Waals surface area contributed by atoms with Crippen molar-refractivity contribution in [3.63, 3.8) is 0 Å². The van der Waals surface area contributed by atoms with Gasteiger partial charge in [0.2, 0.25) is 5.82 Å². The third-order valence-corrected chi connectivity index (χ3v) is 5.31. The van der Waals surface area contributed by atoms with Crippen molar-refractivity contribution >= 4 is 17.3 Å². The number of imidazole rings is 1. The molecule has 0 radical (unpaired) electrons. The Hall–Kier alpha value is -2.41. The van der Waals surface area contributed by atoms with E-state index in [1.165, 1.54) is 0 Å². The molecule has 26 heavy (non-hydrogen) atoms. The van der Waals surface area contributed by atoms with Crippen molar-refractivity contribution < 1.29 is 14.3 Å². The summed E-state index contributed by atoms with van der Waals surface area (Å²) in [5.74, 6) is 0.740. The number of hydrogen-bond acceptors (Lipinski definition) is 4. The average molecular weight is 356 g/mol. The number of aromatic nitrogens is 2. The Morgan fingerprint density at radius 2 is 1.73 bits per heavy atom. The zero-order valence-corrected chi connectivity index (χ0v) is 15.1. The van der Waals surface area contributed by atoms with E-state index in [-0.39, 0.29) is 11.8 Å². The van der Waals surface area contributed by atoms with Gasteiger partial charge < -0.3 is 14.5 Å². The number of rotatable bonds is 2. The van der Waals surface area contributed by atoms with Crippen LogP contribution in [0.1, 0.15) is 40.9 Å². The highest BCUT2D eigenvalue weighted by molar-refractivity contribution is 6.02. The molecule has 138 valence electrons. The molecule has 0 bridgehead atoms. The van der Waals surface area contributed by atoms with Crippen LogP contribution in [0.3, 0.4) is 0 Å². The molecule has 4 heterocycles. The Morgan fingerprint density at radius 1 is 1.04 bits per heavy atom. The normalized spacial score (nSPS) is 19.1. The Bertz CT molecular complexity index is 817. The number of likely N-dealkylation sites (tertiary alicyclic amines) is 1. The second-order valence-corrected chi connectivity index (χ2v) is 7.12. The van der Waals surface area contributed by atoms with Crippen LogP contribution in [-0.4, -0.2) is 70.4 Å². The summed E-state index contributed by atoms with van der Waals surface area (Å²) in [5.41, 5.74) is 1.03. The van der Waals surface area contributed by atoms with Crippen LogP contribution in [0.15, 0.2) is 24.4 Å². The first kappa shape index (κ1) is 17.0. The molecule has 2 fully saturated rings. The Balaban J connectivity index is 1.67. The third kappa shape index (κ3) is 3.07. The highest BCUT2D eigenvalue weighted by atomic mass is 16.5. The predicted octanol–water partition coefficient (Wildman–Crippen LogP) is 1.68. The topological polar surface area (TPSA) is 67.2 Å². The van der Waals surface area contributed by atoms with Crippen LogP contribution >= 0.6 is 0 Å². The highest BCUT2D eigenvalue weighted by Gasteiger charge is 2.29. The van der Waals surface area contributed by atoms with Gasteiger partial charge in [-0.1, -0.05) is 13.0 Å². The summed E-state index contributed by atoms with van der Waals surface area (Å²) in [6.45, 7) is 5.88. The molecule has 4 rings (SSSR count). The lowest BCUT2D eigenvalue weighted by molar-refractivity contribution is 0.0300. The highest BCUT2D eigenvalue weighted by Crippen LogP contribution is 2.21. The lowest BCUT2D eigenvalue weighted by atomic mass is 9.99. The molecule has 2 aromatic rings. The Morgan fingerprint density at radius 3 is 2.46 bits per heavy atom. The first-order valence-electron chi connectivity index (χ1n) is 9.28. The van der Waals surface area contributed by atoms with E-state index in [4.69, 9.17) is 4.74 Å². The number of hydrogen-bond donors (Lipinski definition) is 0. The van der Waals surface area contributed by atoms with Gasteiger partial charge >= 0.3 is 0 Å². The van der Waals surface area contributed by atoms with Gasteiger partial charge in [0.15, 0.2) is 5.69 Å². The van der Waals surface area contributed by atoms with Crippen molar-refractivity contribution in [3.8, 4) is 0 Å². The summed E-state index contributed by atoms with van der Waals surface area (Å²) in [6, 6.07) is 5.56. The second kappa shape index (κ2) is 7.07. The van der Waals surface area contributed by atoms with Gasteiger partial charge in [-0.3, -0.25) is 14.0 Å². The van der Waals surface area contributed by atoms with Gasteiger partial charge in [-0.25, -0.2) is 4.98 Å². The third-order valence-electron chi connectivity index (χ3n) is 5.31. The molecule has 0 N–H and O–H groups in total. The largest absolute Gasteiger partial charge is 0.378 e. The monoisotopic (exact) mass is 356 g/mol. The maximum atomic E-state index is 13.0. The number of nitrogens with zero attached hydrogens (tertiary/aromatic N) is 4. The van der Waals surface area contributed by atoms with Crippen molar-refractivity contribution in [2.24, 2.45) is 5.92 Å². The fraction of sp³-hybridized carbons (Fsp3) is 0.526. The van der Waals surface area contributed by atoms with E-state index in [1.54, 1.807) is 15.5 Å². The van der Waals surface area contributed by atoms with Gasteiger partial charge in [-0.05, 0) is 30.9 Å². The van der Waals surface area contributed by atoms with Crippen molar-refractivity contribution in [2.45, 2.75) is 19.8 Å². The molecule has 0 atom stereocenters. The molecule has 0 saturated carbocycles. The first-order valence-corrected chi connectivity index (χ1v) is 9.28. The standard InChI is InChI=1S/C19H24N4O3/c1-14-5-8-21(9-6-14)19(25)17-20-16(15-4-2-3-7-23(15)17)18(24)22-10-12-26-13-11-22/h2-4,7,14H,5-6,8-13H2,1H3. The predicted molar refractivity (Wildman–Crippen MR) is 96.2 cm³/mol. The van der Waals surface area contributed by atoms with Crippen molar-refractivity contribution in [1.82, 2.24) is 19.2 Å². The van der Waals surface area contributed by atoms with Crippen LogP contribution < -0.4 is 0 Å². The fourth-order valence-corrected chi connectivity index (χ4v) is 3.62. The average Bonchev–Trinajstić information content (AvgIpc) is 3.08. The molecule has 7 nitrogen and oxygen atoms in total. The Labute approximate surface area is 152 Å². The van der Waals surface area contributed by atoms with E-state index in [0.29, 0.717) is 49.3 Å². The van der Waals surface area contributed by atoms with E-state index >= 15 is 0 Å². The molecule has 2 aromatic heterocycles. The molecule has 0 aliphatic carbocycles. The summed E-state index contributed by atoms with van der Waals surface area (Å²) in [6.07, 6.45) is 3.82. The lowest BCUT2D eigenvalue weighted by Gasteiger charge is -2.29. The minimum Gasteiger partial charge on any atom is -0.378 e. The smallest absolute Gasteiger partial charge is 0.290 e. The summed E-state index contributed by atoms with van der Waals surface area (Å²) in [5, 5.41) is 0. The number of amides is 2. The van der Waals surface area contributed by atoms with Gasteiger partial charge in [0.05, 0.1) is 18.7 Å². The van der Waals surface area contributed by atoms with Crippen LogP contribution in [0.2, 0.25) is 0 Å². The quantitative estimate of drug-likeness (QED) is 0.821. The number of piperidine rings is 1. The summed E-state index contributed by atoms with van der Waals surface area (Å²) in [4.78, 5) is 34.1. The van der Waals surface area contributed by atoms with E-state index in [2.05, 4.69) is 11.9 Å². The lowest BCUT2D eigenvalue weighted by Crippen LogP contribution is -2.41. The van der Waals surface area contributed by atoms with Gasteiger partial charge in [0.1, 0.15) is 0 Å². The molecule has 0 aromatic carbocycles. The minimum absolute atomic E-state index is 0.0980. The van der Waals surface area contributed by atoms with E-state index in [0.717, 1.165) is 25.9 Å². The summed E-state index contributed by atoms with van der Waals surface area (Å²) < 4.78 is 7.07. The van der Waals surface area contributed by atoms with Crippen molar-refractivity contribution in [3.05, 3.63) is 35.9 Å². The first-order chi connectivity index (χ1) is 12.6. The van der Waals surface area contributed by atoms with Gasteiger partial charge in [-0.2, -0.15) is 0 Å². The number of ether oxygens (including phenoxy) is 1. The zero-order chi connectivity index (χ0) is 18.1. The van der Waals surface area contributed by atoms with Crippen LogP contribution in [0.25, 0.3) is 5.52 Å². The number of carbonyl (C=O) groups is 2. The van der Waals surface area contributed by atoms with Crippen LogP contribution in [0.5, 0.6) is 0 Å². The maximum absolute atomic E-state index is 13.0. The minimum atomic E-state index is -0.136. The molecule has 0 unspecified atom stereocenters. The Kier molecular flexibility index (Phi) is 4.63. The number of fused-ring (bicyclic) bond motifs is 1. The number of carbonyl (C=O) groups excluding carboxylic acids is 2. The second-order valence-electron chi connectivity index (χ2n) is 7.12. The maximum Gasteiger partial charge on any atom is 0.290 e. The molecule has 2 saturated heterocycles. The van der Waals surface area contributed by atoms with Crippen molar-refractivity contribution in [2.75, 3.05) is 39.4 Å². The van der Waals surface area contributed by atoms with Crippen LogP contribution in [0.4, 0.5) is 0 Å². The molecule has 0 spiro atoms. The molecule has 2 aliphatic rings. The van der Waals surface area contributed by atoms with Gasteiger partial charge in [0.25, 0.3) is 11.8 Å². The van der Waals surface area contributed by atoms with Crippen molar-refractivity contribution in [1.29, 1.82) is 0 Å². The SMILES string of the molecule is CC1CCN(C(=O)c2nc(C(=O)N3CCOCC3)c3ccccn23)CC1. The molecular weight excluding hydrogens is 332 g/mol. The number of pyridine rings is 1. The number of morpholine rings is 1. The molecule has 2 amide bonds. The fourth-order valence-electron chi connectivity index (χ4n) is 3.62. The summed E-state index contributed by atoms with van der Waals surface area (Å²) >= 11 is 0. The molecule has 7 heteroatoms. The zero-order valence-electron chi connectivity index (χ0n) is 15.1. The van der Waals surface area contributed by atoms with Gasteiger partial charge in [0, 0.05) is 32.4 Å². The van der Waals surface area contributed by atoms with Gasteiger partial charge in [-0.15, -0.1) is 0 Å². The van der Waals surface area contributed by atoms with E-state index in [9.17, 15) is 9.59 Å². The summed E-state index contributed by atoms with van der Waals surface area (Å²) in [7, 11) is 0.